The Labute approximate surface area is 159 Å². The number of aromatic amines is 1. The number of aromatic nitrogens is 5. The molecule has 5 unspecified atom stereocenters. The zero-order valence-electron chi connectivity index (χ0n) is 14.9. The van der Waals surface area contributed by atoms with Gasteiger partial charge in [-0.1, -0.05) is 0 Å². The van der Waals surface area contributed by atoms with E-state index in [1.807, 2.05) is 13.0 Å². The Morgan fingerprint density at radius 2 is 2.22 bits per heavy atom. The van der Waals surface area contributed by atoms with E-state index in [2.05, 4.69) is 30.8 Å². The van der Waals surface area contributed by atoms with E-state index in [0.29, 0.717) is 35.3 Å². The highest BCUT2D eigenvalue weighted by atomic mass is 32.1. The minimum absolute atomic E-state index is 0.250. The quantitative estimate of drug-likeness (QED) is 0.548. The number of nitrogens with one attached hydrogen (secondary N) is 3. The Balaban J connectivity index is 1.34. The van der Waals surface area contributed by atoms with Crippen LogP contribution in [0.1, 0.15) is 31.4 Å². The standard InChI is InChI=1S/C18H21N7OS/c1-8-2-12(25-24-8)20-15-14-16(27-7-19-14)23-17(22-15)21-13-10-3-9-4-11(13)18(26,5-9)6-10/h2,7,9-11,13,26H,3-6H2,1H3,(H3,20,21,22,23,24,25). The number of nitrogens with zero attached hydrogens (tertiary/aromatic N) is 4. The van der Waals surface area contributed by atoms with Gasteiger partial charge in [0.1, 0.15) is 5.52 Å². The number of aryl methyl sites for hydroxylation is 1. The van der Waals surface area contributed by atoms with Gasteiger partial charge in [0.2, 0.25) is 5.95 Å². The first-order valence-corrected chi connectivity index (χ1v) is 10.3. The molecule has 140 valence electrons. The molecule has 0 aliphatic heterocycles. The monoisotopic (exact) mass is 383 g/mol. The molecule has 4 aliphatic carbocycles. The Bertz CT molecular complexity index is 1030. The highest BCUT2D eigenvalue weighted by Gasteiger charge is 2.62. The first kappa shape index (κ1) is 15.8. The van der Waals surface area contributed by atoms with Crippen LogP contribution in [0.3, 0.4) is 0 Å². The lowest BCUT2D eigenvalue weighted by atomic mass is 9.79. The van der Waals surface area contributed by atoms with E-state index in [9.17, 15) is 5.11 Å². The third-order valence-corrected chi connectivity index (χ3v) is 7.28. The molecule has 0 spiro atoms. The summed E-state index contributed by atoms with van der Waals surface area (Å²) in [5, 5.41) is 24.9. The molecule has 27 heavy (non-hydrogen) atoms. The fourth-order valence-corrected chi connectivity index (χ4v) is 6.32. The summed E-state index contributed by atoms with van der Waals surface area (Å²) in [6.45, 7) is 1.96. The summed E-state index contributed by atoms with van der Waals surface area (Å²) >= 11 is 1.50. The largest absolute Gasteiger partial charge is 0.389 e. The van der Waals surface area contributed by atoms with Crippen LogP contribution in [0.4, 0.5) is 17.6 Å². The fraction of sp³-hybridized carbons (Fsp3) is 0.556. The fourth-order valence-electron chi connectivity index (χ4n) is 5.66. The predicted octanol–water partition coefficient (Wildman–Crippen LogP) is 2.82. The average molecular weight is 383 g/mol. The lowest BCUT2D eigenvalue weighted by Gasteiger charge is -2.32. The predicted molar refractivity (Wildman–Crippen MR) is 103 cm³/mol. The third-order valence-electron chi connectivity index (χ3n) is 6.56. The minimum atomic E-state index is -0.479. The highest BCUT2D eigenvalue weighted by molar-refractivity contribution is 7.16. The van der Waals surface area contributed by atoms with Crippen LogP contribution in [0, 0.1) is 24.7 Å². The summed E-state index contributed by atoms with van der Waals surface area (Å²) in [7, 11) is 0. The number of H-pyrrole nitrogens is 1. The van der Waals surface area contributed by atoms with Crippen molar-refractivity contribution in [3.8, 4) is 0 Å². The zero-order chi connectivity index (χ0) is 18.2. The average Bonchev–Trinajstić information content (AvgIpc) is 3.33. The van der Waals surface area contributed by atoms with E-state index in [0.717, 1.165) is 35.3 Å². The summed E-state index contributed by atoms with van der Waals surface area (Å²) in [6.07, 6.45) is 4.20. The molecule has 4 bridgehead atoms. The summed E-state index contributed by atoms with van der Waals surface area (Å²) in [5.74, 6) is 3.49. The Kier molecular flexibility index (Phi) is 3.14. The second-order valence-electron chi connectivity index (χ2n) is 8.35. The maximum atomic E-state index is 11.0. The topological polar surface area (TPSA) is 112 Å². The van der Waals surface area contributed by atoms with Crippen molar-refractivity contribution in [3.63, 3.8) is 0 Å². The van der Waals surface area contributed by atoms with Crippen molar-refractivity contribution >= 4 is 39.3 Å². The van der Waals surface area contributed by atoms with E-state index >= 15 is 0 Å². The van der Waals surface area contributed by atoms with Gasteiger partial charge in [-0.15, -0.1) is 11.3 Å². The molecular formula is C18H21N7OS. The second-order valence-corrected chi connectivity index (χ2v) is 9.18. The third kappa shape index (κ3) is 2.37. The van der Waals surface area contributed by atoms with E-state index < -0.39 is 5.60 Å². The molecule has 9 heteroatoms. The maximum absolute atomic E-state index is 11.0. The molecule has 7 rings (SSSR count). The van der Waals surface area contributed by atoms with Crippen molar-refractivity contribution in [1.29, 1.82) is 0 Å². The number of hydrogen-bond acceptors (Lipinski definition) is 8. The molecular weight excluding hydrogens is 362 g/mol. The number of rotatable bonds is 4. The van der Waals surface area contributed by atoms with Gasteiger partial charge in [-0.05, 0) is 44.4 Å². The van der Waals surface area contributed by atoms with Crippen LogP contribution in [0.2, 0.25) is 0 Å². The molecule has 4 fully saturated rings. The smallest absolute Gasteiger partial charge is 0.226 e. The summed E-state index contributed by atoms with van der Waals surface area (Å²) < 4.78 is 0. The van der Waals surface area contributed by atoms with Gasteiger partial charge in [0.25, 0.3) is 0 Å². The molecule has 3 aromatic heterocycles. The van der Waals surface area contributed by atoms with E-state index in [-0.39, 0.29) is 6.04 Å². The molecule has 8 nitrogen and oxygen atoms in total. The van der Waals surface area contributed by atoms with E-state index in [1.165, 1.54) is 17.8 Å². The summed E-state index contributed by atoms with van der Waals surface area (Å²) in [4.78, 5) is 14.6. The van der Waals surface area contributed by atoms with Crippen molar-refractivity contribution < 1.29 is 5.11 Å². The van der Waals surface area contributed by atoms with Gasteiger partial charge in [0.05, 0.1) is 11.1 Å². The molecule has 4 N–H and O–H groups in total. The van der Waals surface area contributed by atoms with Gasteiger partial charge in [-0.25, -0.2) is 9.97 Å². The zero-order valence-corrected chi connectivity index (χ0v) is 15.8. The van der Waals surface area contributed by atoms with Crippen LogP contribution in [0.15, 0.2) is 11.6 Å². The van der Waals surface area contributed by atoms with Gasteiger partial charge < -0.3 is 15.7 Å². The van der Waals surface area contributed by atoms with Crippen LogP contribution in [-0.2, 0) is 0 Å². The Hall–Kier alpha value is -2.26. The first-order chi connectivity index (χ1) is 13.1. The van der Waals surface area contributed by atoms with Crippen LogP contribution >= 0.6 is 11.3 Å². The van der Waals surface area contributed by atoms with Crippen molar-refractivity contribution in [2.24, 2.45) is 17.8 Å². The van der Waals surface area contributed by atoms with Crippen LogP contribution in [-0.4, -0.2) is 41.9 Å². The van der Waals surface area contributed by atoms with Crippen LogP contribution < -0.4 is 10.6 Å². The van der Waals surface area contributed by atoms with Gasteiger partial charge >= 0.3 is 0 Å². The van der Waals surface area contributed by atoms with E-state index in [4.69, 9.17) is 4.98 Å². The number of anilines is 3. The van der Waals surface area contributed by atoms with Gasteiger partial charge in [-0.2, -0.15) is 10.1 Å². The van der Waals surface area contributed by atoms with Crippen LogP contribution in [0.25, 0.3) is 10.3 Å². The Morgan fingerprint density at radius 1 is 1.30 bits per heavy atom. The number of aliphatic hydroxyl groups is 1. The number of thiazole rings is 1. The molecule has 3 heterocycles. The molecule has 0 saturated heterocycles. The normalized spacial score (nSPS) is 33.9. The van der Waals surface area contributed by atoms with E-state index in [1.54, 1.807) is 5.51 Å². The van der Waals surface area contributed by atoms with Crippen molar-refractivity contribution in [1.82, 2.24) is 25.1 Å². The molecule has 5 atom stereocenters. The SMILES string of the molecule is Cc1cc(Nc2nc(NC3C4CC5CC3C(O)(C5)C4)nc3scnc23)n[nH]1. The molecule has 0 amide bonds. The lowest BCUT2D eigenvalue weighted by Crippen LogP contribution is -2.37. The van der Waals surface area contributed by atoms with Gasteiger partial charge in [0, 0.05) is 23.7 Å². The Morgan fingerprint density at radius 3 is 3.04 bits per heavy atom. The second kappa shape index (κ2) is 5.39. The van der Waals surface area contributed by atoms with Crippen molar-refractivity contribution in [2.45, 2.75) is 44.2 Å². The number of hydrogen-bond donors (Lipinski definition) is 4. The lowest BCUT2D eigenvalue weighted by molar-refractivity contribution is 0.00988. The number of fused-ring (bicyclic) bond motifs is 1. The molecule has 4 aliphatic rings. The molecule has 3 aromatic rings. The van der Waals surface area contributed by atoms with Crippen LogP contribution in [0.5, 0.6) is 0 Å². The molecule has 0 aromatic carbocycles. The van der Waals surface area contributed by atoms with Gasteiger partial charge in [-0.3, -0.25) is 5.10 Å². The van der Waals surface area contributed by atoms with Crippen molar-refractivity contribution in [2.75, 3.05) is 10.6 Å². The maximum Gasteiger partial charge on any atom is 0.226 e. The molecule has 4 saturated carbocycles. The summed E-state index contributed by atoms with van der Waals surface area (Å²) in [6, 6.07) is 2.18. The minimum Gasteiger partial charge on any atom is -0.389 e. The first-order valence-electron chi connectivity index (χ1n) is 9.46. The van der Waals surface area contributed by atoms with Gasteiger partial charge in [0.15, 0.2) is 16.5 Å². The summed E-state index contributed by atoms with van der Waals surface area (Å²) in [5.41, 5.74) is 3.03. The molecule has 0 radical (unpaired) electrons. The highest BCUT2D eigenvalue weighted by Crippen LogP contribution is 2.60. The van der Waals surface area contributed by atoms with Crippen molar-refractivity contribution in [3.05, 3.63) is 17.3 Å².